The molecule has 15 heavy (non-hydrogen) atoms. The molecule has 0 bridgehead atoms. The van der Waals surface area contributed by atoms with Gasteiger partial charge in [0.15, 0.2) is 0 Å². The van der Waals surface area contributed by atoms with Gasteiger partial charge in [0.2, 0.25) is 5.91 Å². The summed E-state index contributed by atoms with van der Waals surface area (Å²) in [6.45, 7) is 0. The molecule has 0 aliphatic carbocycles. The number of hydrogen-bond donors (Lipinski definition) is 1. The lowest BCUT2D eigenvalue weighted by Gasteiger charge is -2.13. The van der Waals surface area contributed by atoms with Gasteiger partial charge in [0.1, 0.15) is 0 Å². The number of nitrogens with two attached hydrogens (primary N) is 1. The van der Waals surface area contributed by atoms with E-state index in [1.54, 1.807) is 30.3 Å². The molecule has 0 aromatic heterocycles. The Morgan fingerprint density at radius 3 is 2.40 bits per heavy atom. The molecular weight excluding hydrogens is 307 g/mol. The summed E-state index contributed by atoms with van der Waals surface area (Å²) < 4.78 is 0.645. The zero-order chi connectivity index (χ0) is 11.3. The van der Waals surface area contributed by atoms with Crippen LogP contribution in [0.25, 0.3) is 0 Å². The number of benzene rings is 1. The third kappa shape index (κ3) is 3.28. The Bertz CT molecular complexity index is 354. The summed E-state index contributed by atoms with van der Waals surface area (Å²) in [5.74, 6) is 4.58. The molecule has 0 aliphatic heterocycles. The summed E-state index contributed by atoms with van der Waals surface area (Å²) in [5, 5.41) is 0.675. The van der Waals surface area contributed by atoms with Gasteiger partial charge in [-0.2, -0.15) is 0 Å². The molecule has 1 rings (SSSR count). The van der Waals surface area contributed by atoms with E-state index in [2.05, 4.69) is 22.6 Å². The third-order valence-corrected chi connectivity index (χ3v) is 2.36. The highest BCUT2D eigenvalue weighted by Gasteiger charge is 2.18. The normalized spacial score (nSPS) is 9.73. The van der Waals surface area contributed by atoms with E-state index in [1.807, 2.05) is 0 Å². The van der Waals surface area contributed by atoms with Gasteiger partial charge in [-0.25, -0.2) is 10.9 Å². The van der Waals surface area contributed by atoms with E-state index in [4.69, 9.17) is 5.84 Å². The molecule has 1 aromatic carbocycles. The maximum absolute atomic E-state index is 11.6. The quantitative estimate of drug-likeness (QED) is 0.301. The van der Waals surface area contributed by atoms with E-state index >= 15 is 0 Å². The molecule has 0 saturated heterocycles. The van der Waals surface area contributed by atoms with Crippen LogP contribution in [-0.4, -0.2) is 21.3 Å². The molecule has 0 spiro atoms. The van der Waals surface area contributed by atoms with Crippen molar-refractivity contribution in [1.29, 1.82) is 0 Å². The predicted molar refractivity (Wildman–Crippen MR) is 65.3 cm³/mol. The smallest absolute Gasteiger partial charge is 0.273 e. The van der Waals surface area contributed by atoms with E-state index in [-0.39, 0.29) is 12.3 Å². The lowest BCUT2D eigenvalue weighted by atomic mass is 10.2. The van der Waals surface area contributed by atoms with Crippen molar-refractivity contribution in [2.24, 2.45) is 5.84 Å². The maximum Gasteiger partial charge on any atom is 0.274 e. The molecule has 0 fully saturated rings. The van der Waals surface area contributed by atoms with E-state index in [0.717, 1.165) is 0 Å². The van der Waals surface area contributed by atoms with Gasteiger partial charge in [-0.15, -0.1) is 0 Å². The van der Waals surface area contributed by atoms with Crippen LogP contribution in [0.5, 0.6) is 0 Å². The van der Waals surface area contributed by atoms with Crippen LogP contribution in [-0.2, 0) is 4.79 Å². The molecule has 0 radical (unpaired) electrons. The molecule has 0 saturated carbocycles. The number of imide groups is 1. The number of amides is 2. The van der Waals surface area contributed by atoms with Crippen molar-refractivity contribution >= 4 is 34.4 Å². The monoisotopic (exact) mass is 318 g/mol. The van der Waals surface area contributed by atoms with Crippen molar-refractivity contribution in [1.82, 2.24) is 5.01 Å². The molecule has 80 valence electrons. The molecular formula is C10H11IN2O2. The van der Waals surface area contributed by atoms with Crippen LogP contribution in [0.4, 0.5) is 0 Å². The Labute approximate surface area is 102 Å². The highest BCUT2D eigenvalue weighted by molar-refractivity contribution is 14.1. The van der Waals surface area contributed by atoms with E-state index in [9.17, 15) is 9.59 Å². The standard InChI is InChI=1S/C10H11IN2O2/c11-7-6-9(14)13(12)10(15)8-4-2-1-3-5-8/h1-5H,6-7,12H2. The second kappa shape index (κ2) is 5.82. The minimum Gasteiger partial charge on any atom is -0.273 e. The summed E-state index contributed by atoms with van der Waals surface area (Å²) >= 11 is 2.06. The fourth-order valence-electron chi connectivity index (χ4n) is 1.03. The summed E-state index contributed by atoms with van der Waals surface area (Å²) in [4.78, 5) is 23.0. The molecule has 4 nitrogen and oxygen atoms in total. The van der Waals surface area contributed by atoms with Crippen molar-refractivity contribution in [2.45, 2.75) is 6.42 Å². The van der Waals surface area contributed by atoms with Gasteiger partial charge in [0.25, 0.3) is 5.91 Å². The SMILES string of the molecule is NN(C(=O)CCI)C(=O)c1ccccc1. The number of alkyl halides is 1. The third-order valence-electron chi connectivity index (χ3n) is 1.82. The number of hydrazine groups is 1. The number of rotatable bonds is 3. The van der Waals surface area contributed by atoms with Crippen LogP contribution < -0.4 is 5.84 Å². The number of nitrogens with zero attached hydrogens (tertiary/aromatic N) is 1. The van der Waals surface area contributed by atoms with Crippen LogP contribution >= 0.6 is 22.6 Å². The lowest BCUT2D eigenvalue weighted by Crippen LogP contribution is -2.42. The minimum atomic E-state index is -0.467. The zero-order valence-electron chi connectivity index (χ0n) is 8.02. The Hall–Kier alpha value is -0.950. The first kappa shape index (κ1) is 12.1. The Balaban J connectivity index is 2.73. The number of hydrogen-bond acceptors (Lipinski definition) is 3. The van der Waals surface area contributed by atoms with Gasteiger partial charge in [0.05, 0.1) is 0 Å². The summed E-state index contributed by atoms with van der Waals surface area (Å²) in [7, 11) is 0. The van der Waals surface area contributed by atoms with E-state index in [0.29, 0.717) is 15.0 Å². The Morgan fingerprint density at radius 2 is 1.87 bits per heavy atom. The van der Waals surface area contributed by atoms with Gasteiger partial charge >= 0.3 is 0 Å². The fraction of sp³-hybridized carbons (Fsp3) is 0.200. The van der Waals surface area contributed by atoms with Crippen molar-refractivity contribution < 1.29 is 9.59 Å². The molecule has 0 heterocycles. The first-order valence-electron chi connectivity index (χ1n) is 4.40. The highest BCUT2D eigenvalue weighted by Crippen LogP contribution is 2.03. The second-order valence-corrected chi connectivity index (χ2v) is 3.95. The topological polar surface area (TPSA) is 63.4 Å². The number of carbonyl (C=O) groups excluding carboxylic acids is 2. The summed E-state index contributed by atoms with van der Waals surface area (Å²) in [6, 6.07) is 8.50. The first-order valence-corrected chi connectivity index (χ1v) is 5.92. The molecule has 2 amide bonds. The molecule has 1 aromatic rings. The van der Waals surface area contributed by atoms with Crippen LogP contribution in [0.2, 0.25) is 0 Å². The minimum absolute atomic E-state index is 0.273. The molecule has 5 heteroatoms. The fourth-order valence-corrected chi connectivity index (χ4v) is 1.50. The van der Waals surface area contributed by atoms with Crippen molar-refractivity contribution in [3.63, 3.8) is 0 Å². The van der Waals surface area contributed by atoms with E-state index in [1.165, 1.54) is 0 Å². The number of carbonyl (C=O) groups is 2. The summed E-state index contributed by atoms with van der Waals surface area (Å²) in [5.41, 5.74) is 0.418. The largest absolute Gasteiger partial charge is 0.274 e. The van der Waals surface area contributed by atoms with Gasteiger partial charge in [0, 0.05) is 16.4 Å². The Kier molecular flexibility index (Phi) is 4.70. The van der Waals surface area contributed by atoms with Gasteiger partial charge in [-0.3, -0.25) is 9.59 Å². The van der Waals surface area contributed by atoms with Gasteiger partial charge in [-0.1, -0.05) is 40.8 Å². The first-order chi connectivity index (χ1) is 7.16. The van der Waals surface area contributed by atoms with Crippen LogP contribution in [0.15, 0.2) is 30.3 Å². The van der Waals surface area contributed by atoms with Crippen LogP contribution in [0, 0.1) is 0 Å². The zero-order valence-corrected chi connectivity index (χ0v) is 10.2. The van der Waals surface area contributed by atoms with Crippen molar-refractivity contribution in [2.75, 3.05) is 4.43 Å². The van der Waals surface area contributed by atoms with Crippen molar-refractivity contribution in [3.8, 4) is 0 Å². The highest BCUT2D eigenvalue weighted by atomic mass is 127. The van der Waals surface area contributed by atoms with Crippen LogP contribution in [0.3, 0.4) is 0 Å². The summed E-state index contributed by atoms with van der Waals surface area (Å²) in [6.07, 6.45) is 0.273. The molecule has 0 unspecified atom stereocenters. The maximum atomic E-state index is 11.6. The van der Waals surface area contributed by atoms with E-state index < -0.39 is 5.91 Å². The van der Waals surface area contributed by atoms with Gasteiger partial charge < -0.3 is 0 Å². The lowest BCUT2D eigenvalue weighted by molar-refractivity contribution is -0.128. The Morgan fingerprint density at radius 1 is 1.27 bits per heavy atom. The molecule has 0 atom stereocenters. The van der Waals surface area contributed by atoms with Crippen molar-refractivity contribution in [3.05, 3.63) is 35.9 Å². The molecule has 2 N–H and O–H groups in total. The second-order valence-electron chi connectivity index (χ2n) is 2.87. The predicted octanol–water partition coefficient (Wildman–Crippen LogP) is 1.35. The van der Waals surface area contributed by atoms with Crippen LogP contribution in [0.1, 0.15) is 16.8 Å². The average molecular weight is 318 g/mol. The van der Waals surface area contributed by atoms with Gasteiger partial charge in [-0.05, 0) is 12.1 Å². The molecule has 0 aliphatic rings. The average Bonchev–Trinajstić information content (AvgIpc) is 2.28. The number of halogens is 1.